The van der Waals surface area contributed by atoms with Crippen LogP contribution in [0.5, 0.6) is 0 Å². The van der Waals surface area contributed by atoms with Crippen molar-refractivity contribution in [2.45, 2.75) is 134 Å². The zero-order valence-electron chi connectivity index (χ0n) is 24.6. The van der Waals surface area contributed by atoms with Crippen molar-refractivity contribution in [3.8, 4) is 0 Å². The highest BCUT2D eigenvalue weighted by molar-refractivity contribution is 5.44. The van der Waals surface area contributed by atoms with Gasteiger partial charge in [-0.1, -0.05) is 68.2 Å². The van der Waals surface area contributed by atoms with E-state index in [4.69, 9.17) is 0 Å². The lowest BCUT2D eigenvalue weighted by molar-refractivity contribution is 0.128. The standard InChI is InChI=1S/C33H56O/c1-23(2)15-12-16-25(5)17-13-18-26(6)19-14-21-33(10,11)22-20-30-27(7)28(8)31(24(3)4)32(34)29(30)9/h15,17,19,24,31-32,34H,12-14,16,18,20-22H2,1-11H3/b25-17+,26-19+. The summed E-state index contributed by atoms with van der Waals surface area (Å²) in [6.07, 6.45) is 16.2. The van der Waals surface area contributed by atoms with Gasteiger partial charge >= 0.3 is 0 Å². The molecule has 1 nitrogen and oxygen atoms in total. The molecule has 1 aliphatic carbocycles. The molecule has 0 amide bonds. The number of rotatable bonds is 13. The molecular formula is C33H56O. The second-order valence-corrected chi connectivity index (χ2v) is 12.3. The highest BCUT2D eigenvalue weighted by atomic mass is 16.3. The van der Waals surface area contributed by atoms with Crippen LogP contribution in [0.15, 0.2) is 57.2 Å². The van der Waals surface area contributed by atoms with Crippen LogP contribution in [0, 0.1) is 17.3 Å². The molecule has 0 radical (unpaired) electrons. The van der Waals surface area contributed by atoms with Crippen molar-refractivity contribution in [1.29, 1.82) is 0 Å². The Morgan fingerprint density at radius 3 is 1.88 bits per heavy atom. The molecule has 0 aliphatic heterocycles. The van der Waals surface area contributed by atoms with Gasteiger partial charge in [0.05, 0.1) is 6.10 Å². The van der Waals surface area contributed by atoms with Crippen molar-refractivity contribution in [3.05, 3.63) is 57.2 Å². The lowest BCUT2D eigenvalue weighted by Gasteiger charge is -2.36. The van der Waals surface area contributed by atoms with Gasteiger partial charge in [-0.05, 0) is 128 Å². The number of allylic oxidation sites excluding steroid dienone is 8. The highest BCUT2D eigenvalue weighted by Gasteiger charge is 2.33. The smallest absolute Gasteiger partial charge is 0.0820 e. The first kappa shape index (κ1) is 30.7. The van der Waals surface area contributed by atoms with Gasteiger partial charge in [0.1, 0.15) is 0 Å². The summed E-state index contributed by atoms with van der Waals surface area (Å²) in [5.74, 6) is 0.732. The van der Waals surface area contributed by atoms with E-state index >= 15 is 0 Å². The number of hydrogen-bond acceptors (Lipinski definition) is 1. The second-order valence-electron chi connectivity index (χ2n) is 12.3. The molecule has 0 heterocycles. The van der Waals surface area contributed by atoms with Crippen molar-refractivity contribution in [2.24, 2.45) is 17.3 Å². The first-order chi connectivity index (χ1) is 15.8. The molecule has 0 aromatic carbocycles. The largest absolute Gasteiger partial charge is 0.388 e. The molecule has 1 heteroatoms. The first-order valence-corrected chi connectivity index (χ1v) is 13.8. The fourth-order valence-corrected chi connectivity index (χ4v) is 5.35. The molecular weight excluding hydrogens is 412 g/mol. The molecule has 1 rings (SSSR count). The van der Waals surface area contributed by atoms with Crippen molar-refractivity contribution >= 4 is 0 Å². The average Bonchev–Trinajstić information content (AvgIpc) is 2.71. The lowest BCUT2D eigenvalue weighted by atomic mass is 9.71. The van der Waals surface area contributed by atoms with Crippen molar-refractivity contribution in [3.63, 3.8) is 0 Å². The molecule has 2 unspecified atom stereocenters. The van der Waals surface area contributed by atoms with E-state index in [1.54, 1.807) is 0 Å². The van der Waals surface area contributed by atoms with E-state index in [1.165, 1.54) is 64.7 Å². The Balaban J connectivity index is 2.56. The Morgan fingerprint density at radius 1 is 0.824 bits per heavy atom. The first-order valence-electron chi connectivity index (χ1n) is 13.8. The lowest BCUT2D eigenvalue weighted by Crippen LogP contribution is -2.32. The van der Waals surface area contributed by atoms with Gasteiger partial charge in [0.2, 0.25) is 0 Å². The molecule has 1 aliphatic rings. The summed E-state index contributed by atoms with van der Waals surface area (Å²) in [6, 6.07) is 0. The van der Waals surface area contributed by atoms with Crippen LogP contribution in [-0.4, -0.2) is 11.2 Å². The van der Waals surface area contributed by atoms with Crippen molar-refractivity contribution in [2.75, 3.05) is 0 Å². The van der Waals surface area contributed by atoms with Gasteiger partial charge in [-0.25, -0.2) is 0 Å². The fraction of sp³-hybridized carbons (Fsp3) is 0.697. The van der Waals surface area contributed by atoms with E-state index in [2.05, 4.69) is 94.4 Å². The molecule has 0 saturated carbocycles. The fourth-order valence-electron chi connectivity index (χ4n) is 5.35. The summed E-state index contributed by atoms with van der Waals surface area (Å²) in [5.41, 5.74) is 10.2. The van der Waals surface area contributed by atoms with Gasteiger partial charge in [0, 0.05) is 5.92 Å². The summed E-state index contributed by atoms with van der Waals surface area (Å²) in [6.45, 7) is 24.8. The van der Waals surface area contributed by atoms with Crippen LogP contribution in [0.2, 0.25) is 0 Å². The Bertz CT molecular complexity index is 805. The van der Waals surface area contributed by atoms with Crippen LogP contribution in [-0.2, 0) is 0 Å². The molecule has 1 N–H and O–H groups in total. The van der Waals surface area contributed by atoms with Gasteiger partial charge < -0.3 is 5.11 Å². The van der Waals surface area contributed by atoms with Crippen molar-refractivity contribution in [1.82, 2.24) is 0 Å². The van der Waals surface area contributed by atoms with Crippen LogP contribution in [0.3, 0.4) is 0 Å². The number of aliphatic hydroxyl groups is 1. The molecule has 2 atom stereocenters. The third-order valence-electron chi connectivity index (χ3n) is 8.01. The third kappa shape index (κ3) is 10.1. The summed E-state index contributed by atoms with van der Waals surface area (Å²) < 4.78 is 0. The highest BCUT2D eigenvalue weighted by Crippen LogP contribution is 2.41. The minimum absolute atomic E-state index is 0.265. The minimum Gasteiger partial charge on any atom is -0.388 e. The van der Waals surface area contributed by atoms with Crippen LogP contribution in [0.1, 0.15) is 128 Å². The van der Waals surface area contributed by atoms with Gasteiger partial charge in [-0.15, -0.1) is 0 Å². The molecule has 0 aromatic rings. The Morgan fingerprint density at radius 2 is 1.35 bits per heavy atom. The Kier molecular flexibility index (Phi) is 12.9. The van der Waals surface area contributed by atoms with E-state index in [-0.39, 0.29) is 12.0 Å². The molecule has 0 aromatic heterocycles. The molecule has 0 saturated heterocycles. The maximum absolute atomic E-state index is 11.0. The quantitative estimate of drug-likeness (QED) is 0.266. The van der Waals surface area contributed by atoms with Gasteiger partial charge in [0.15, 0.2) is 0 Å². The van der Waals surface area contributed by atoms with Crippen LogP contribution < -0.4 is 0 Å². The topological polar surface area (TPSA) is 20.2 Å². The van der Waals surface area contributed by atoms with Gasteiger partial charge in [0.25, 0.3) is 0 Å². The predicted octanol–water partition coefficient (Wildman–Crippen LogP) is 10.3. The summed E-state index contributed by atoms with van der Waals surface area (Å²) in [7, 11) is 0. The normalized spacial score (nSPS) is 20.5. The summed E-state index contributed by atoms with van der Waals surface area (Å²) in [5, 5.41) is 11.0. The molecule has 0 spiro atoms. The summed E-state index contributed by atoms with van der Waals surface area (Å²) in [4.78, 5) is 0. The van der Waals surface area contributed by atoms with E-state index in [1.807, 2.05) is 0 Å². The average molecular weight is 469 g/mol. The maximum Gasteiger partial charge on any atom is 0.0820 e. The SMILES string of the molecule is CC(C)=CCC/C(C)=C/CC/C(C)=C/CCC(C)(C)CCC1=C(C)C(O)C(C(C)C)C(C)=C1C. The molecule has 194 valence electrons. The molecule has 0 bridgehead atoms. The van der Waals surface area contributed by atoms with Crippen molar-refractivity contribution < 1.29 is 5.11 Å². The number of aliphatic hydroxyl groups excluding tert-OH is 1. The van der Waals surface area contributed by atoms with E-state index in [0.29, 0.717) is 11.3 Å². The van der Waals surface area contributed by atoms with E-state index in [9.17, 15) is 5.11 Å². The second kappa shape index (κ2) is 14.3. The maximum atomic E-state index is 11.0. The Labute approximate surface area is 213 Å². The zero-order valence-corrected chi connectivity index (χ0v) is 24.6. The van der Waals surface area contributed by atoms with Gasteiger partial charge in [-0.2, -0.15) is 0 Å². The van der Waals surface area contributed by atoms with Gasteiger partial charge in [-0.3, -0.25) is 0 Å². The zero-order chi connectivity index (χ0) is 26.1. The number of hydrogen-bond donors (Lipinski definition) is 1. The van der Waals surface area contributed by atoms with Crippen LogP contribution in [0.4, 0.5) is 0 Å². The summed E-state index contributed by atoms with van der Waals surface area (Å²) >= 11 is 0. The molecule has 0 fully saturated rings. The Hall–Kier alpha value is -1.34. The van der Waals surface area contributed by atoms with Crippen LogP contribution >= 0.6 is 0 Å². The predicted molar refractivity (Wildman–Crippen MR) is 153 cm³/mol. The van der Waals surface area contributed by atoms with Crippen LogP contribution in [0.25, 0.3) is 0 Å². The third-order valence-corrected chi connectivity index (χ3v) is 8.01. The van der Waals surface area contributed by atoms with E-state index in [0.717, 1.165) is 25.7 Å². The van der Waals surface area contributed by atoms with E-state index < -0.39 is 0 Å². The molecule has 34 heavy (non-hydrogen) atoms. The minimum atomic E-state index is -0.322. The monoisotopic (exact) mass is 468 g/mol.